The number of hydrogen-bond donors (Lipinski definition) is 2. The third kappa shape index (κ3) is 5.73. The zero-order valence-corrected chi connectivity index (χ0v) is 16.5. The number of para-hydroxylation sites is 1. The Morgan fingerprint density at radius 3 is 2.38 bits per heavy atom. The van der Waals surface area contributed by atoms with Crippen molar-refractivity contribution in [1.29, 1.82) is 0 Å². The Balaban J connectivity index is 1.65. The van der Waals surface area contributed by atoms with E-state index in [1.165, 1.54) is 0 Å². The van der Waals surface area contributed by atoms with Crippen LogP contribution in [0, 0.1) is 0 Å². The van der Waals surface area contributed by atoms with Gasteiger partial charge in [0.15, 0.2) is 11.5 Å². The van der Waals surface area contributed by atoms with E-state index in [2.05, 4.69) is 10.9 Å². The van der Waals surface area contributed by atoms with Crippen LogP contribution in [0.2, 0.25) is 0 Å². The monoisotopic (exact) mass is 392 g/mol. The highest BCUT2D eigenvalue weighted by atomic mass is 16.6. The van der Waals surface area contributed by atoms with Crippen molar-refractivity contribution in [2.75, 3.05) is 19.1 Å². The van der Waals surface area contributed by atoms with E-state index in [-0.39, 0.29) is 0 Å². The highest BCUT2D eigenvalue weighted by Gasteiger charge is 2.13. The van der Waals surface area contributed by atoms with Crippen molar-refractivity contribution >= 4 is 11.7 Å². The van der Waals surface area contributed by atoms with Crippen LogP contribution in [-0.2, 0) is 6.54 Å². The molecular weight excluding hydrogens is 368 g/mol. The van der Waals surface area contributed by atoms with Gasteiger partial charge in [0.1, 0.15) is 5.75 Å². The maximum atomic E-state index is 12.4. The minimum atomic E-state index is -0.453. The molecule has 150 valence electrons. The highest BCUT2D eigenvalue weighted by molar-refractivity contribution is 5.91. The van der Waals surface area contributed by atoms with Gasteiger partial charge in [-0.25, -0.2) is 10.2 Å². The van der Waals surface area contributed by atoms with E-state index in [4.69, 9.17) is 14.2 Å². The van der Waals surface area contributed by atoms with Gasteiger partial charge in [-0.1, -0.05) is 24.3 Å². The van der Waals surface area contributed by atoms with Gasteiger partial charge in [-0.3, -0.25) is 0 Å². The van der Waals surface area contributed by atoms with Crippen molar-refractivity contribution in [2.45, 2.75) is 13.5 Å². The first-order valence-electron chi connectivity index (χ1n) is 9.35. The number of carbonyl (C=O) groups excluding carboxylic acids is 1. The fourth-order valence-corrected chi connectivity index (χ4v) is 2.67. The lowest BCUT2D eigenvalue weighted by Gasteiger charge is -2.13. The molecule has 0 saturated carbocycles. The number of benzene rings is 3. The molecule has 0 atom stereocenters. The molecule has 0 unspecified atom stereocenters. The summed E-state index contributed by atoms with van der Waals surface area (Å²) >= 11 is 0. The number of hydrazine groups is 1. The standard InChI is InChI=1S/C23H24N2O4/c1-3-28-22-15-17(16-24-25-19-7-5-4-6-8-19)9-14-21(22)29-23(26)18-10-12-20(27-2)13-11-18/h4-15,24-25H,3,16H2,1-2H3. The van der Waals surface area contributed by atoms with E-state index < -0.39 is 5.97 Å². The Kier molecular flexibility index (Phi) is 7.08. The van der Waals surface area contributed by atoms with Crippen molar-refractivity contribution in [3.05, 3.63) is 83.9 Å². The molecule has 0 bridgehead atoms. The van der Waals surface area contributed by atoms with Crippen molar-refractivity contribution < 1.29 is 19.0 Å². The molecule has 0 aliphatic rings. The van der Waals surface area contributed by atoms with Crippen molar-refractivity contribution in [3.63, 3.8) is 0 Å². The predicted molar refractivity (Wildman–Crippen MR) is 112 cm³/mol. The van der Waals surface area contributed by atoms with Crippen LogP contribution in [0.3, 0.4) is 0 Å². The minimum Gasteiger partial charge on any atom is -0.497 e. The fourth-order valence-electron chi connectivity index (χ4n) is 2.67. The van der Waals surface area contributed by atoms with Gasteiger partial charge in [0.2, 0.25) is 0 Å². The van der Waals surface area contributed by atoms with Crippen LogP contribution in [0.1, 0.15) is 22.8 Å². The van der Waals surface area contributed by atoms with Gasteiger partial charge in [0, 0.05) is 12.2 Å². The second kappa shape index (κ2) is 10.1. The van der Waals surface area contributed by atoms with Gasteiger partial charge in [-0.15, -0.1) is 0 Å². The highest BCUT2D eigenvalue weighted by Crippen LogP contribution is 2.29. The van der Waals surface area contributed by atoms with E-state index in [9.17, 15) is 4.79 Å². The molecule has 3 aromatic rings. The average molecular weight is 392 g/mol. The van der Waals surface area contributed by atoms with Gasteiger partial charge in [0.25, 0.3) is 0 Å². The molecule has 0 radical (unpaired) electrons. The molecule has 0 saturated heterocycles. The Morgan fingerprint density at radius 1 is 0.931 bits per heavy atom. The molecule has 2 N–H and O–H groups in total. The summed E-state index contributed by atoms with van der Waals surface area (Å²) in [7, 11) is 1.58. The third-order valence-electron chi connectivity index (χ3n) is 4.14. The molecule has 0 aliphatic carbocycles. The molecule has 29 heavy (non-hydrogen) atoms. The summed E-state index contributed by atoms with van der Waals surface area (Å²) in [5.41, 5.74) is 8.69. The lowest BCUT2D eigenvalue weighted by atomic mass is 10.2. The first-order chi connectivity index (χ1) is 14.2. The number of ether oxygens (including phenoxy) is 3. The van der Waals surface area contributed by atoms with Crippen molar-refractivity contribution in [1.82, 2.24) is 5.43 Å². The van der Waals surface area contributed by atoms with Crippen LogP contribution < -0.4 is 25.1 Å². The first kappa shape index (κ1) is 20.2. The van der Waals surface area contributed by atoms with Gasteiger partial charge in [-0.05, 0) is 61.0 Å². The number of carbonyl (C=O) groups is 1. The van der Waals surface area contributed by atoms with Crippen LogP contribution in [0.5, 0.6) is 17.2 Å². The molecule has 0 fully saturated rings. The molecule has 0 spiro atoms. The molecule has 0 heterocycles. The van der Waals surface area contributed by atoms with Gasteiger partial charge in [0.05, 0.1) is 19.3 Å². The number of anilines is 1. The summed E-state index contributed by atoms with van der Waals surface area (Å²) < 4.78 is 16.3. The van der Waals surface area contributed by atoms with E-state index in [1.807, 2.05) is 49.4 Å². The Hall–Kier alpha value is -3.51. The van der Waals surface area contributed by atoms with Crippen molar-refractivity contribution in [3.8, 4) is 17.2 Å². The topological polar surface area (TPSA) is 68.8 Å². The number of rotatable bonds is 9. The van der Waals surface area contributed by atoms with Crippen LogP contribution >= 0.6 is 0 Å². The number of esters is 1. The van der Waals surface area contributed by atoms with Gasteiger partial charge in [-0.2, -0.15) is 0 Å². The van der Waals surface area contributed by atoms with E-state index in [0.29, 0.717) is 36.0 Å². The summed E-state index contributed by atoms with van der Waals surface area (Å²) in [5, 5.41) is 0. The van der Waals surface area contributed by atoms with Gasteiger partial charge < -0.3 is 19.6 Å². The predicted octanol–water partition coefficient (Wildman–Crippen LogP) is 4.43. The largest absolute Gasteiger partial charge is 0.497 e. The van der Waals surface area contributed by atoms with Crippen molar-refractivity contribution in [2.24, 2.45) is 0 Å². The quantitative estimate of drug-likeness (QED) is 0.319. The number of methoxy groups -OCH3 is 1. The molecule has 6 nitrogen and oxygen atoms in total. The SMILES string of the molecule is CCOc1cc(CNNc2ccccc2)ccc1OC(=O)c1ccc(OC)cc1. The Labute approximate surface area is 170 Å². The lowest BCUT2D eigenvalue weighted by Crippen LogP contribution is -2.20. The molecule has 0 aromatic heterocycles. The van der Waals surface area contributed by atoms with Crippen LogP contribution in [0.4, 0.5) is 5.69 Å². The summed E-state index contributed by atoms with van der Waals surface area (Å²) in [6.45, 7) is 2.92. The van der Waals surface area contributed by atoms with Gasteiger partial charge >= 0.3 is 5.97 Å². The zero-order chi connectivity index (χ0) is 20.5. The summed E-state index contributed by atoms with van der Waals surface area (Å²) in [4.78, 5) is 12.4. The number of hydrogen-bond acceptors (Lipinski definition) is 6. The van der Waals surface area contributed by atoms with Crippen LogP contribution in [0.25, 0.3) is 0 Å². The second-order valence-electron chi connectivity index (χ2n) is 6.18. The van der Waals surface area contributed by atoms with E-state index in [0.717, 1.165) is 11.3 Å². The summed E-state index contributed by atoms with van der Waals surface area (Å²) in [5.74, 6) is 1.13. The number of nitrogens with one attached hydrogen (secondary N) is 2. The van der Waals surface area contributed by atoms with Crippen LogP contribution in [0.15, 0.2) is 72.8 Å². The molecule has 3 rings (SSSR count). The molecule has 3 aromatic carbocycles. The zero-order valence-electron chi connectivity index (χ0n) is 16.5. The maximum absolute atomic E-state index is 12.4. The Morgan fingerprint density at radius 2 is 1.69 bits per heavy atom. The molecule has 0 aliphatic heterocycles. The summed E-state index contributed by atoms with van der Waals surface area (Å²) in [6, 6.07) is 22.1. The fraction of sp³-hybridized carbons (Fsp3) is 0.174. The minimum absolute atomic E-state index is 0.382. The van der Waals surface area contributed by atoms with E-state index >= 15 is 0 Å². The maximum Gasteiger partial charge on any atom is 0.343 e. The molecule has 0 amide bonds. The lowest BCUT2D eigenvalue weighted by molar-refractivity contribution is 0.0728. The van der Waals surface area contributed by atoms with E-state index in [1.54, 1.807) is 37.4 Å². The summed E-state index contributed by atoms with van der Waals surface area (Å²) in [6.07, 6.45) is 0. The Bertz CT molecular complexity index is 927. The smallest absolute Gasteiger partial charge is 0.343 e. The second-order valence-corrected chi connectivity index (χ2v) is 6.18. The average Bonchev–Trinajstić information content (AvgIpc) is 2.76. The first-order valence-corrected chi connectivity index (χ1v) is 9.35. The molecular formula is C23H24N2O4. The van der Waals surface area contributed by atoms with Crippen LogP contribution in [-0.4, -0.2) is 19.7 Å². The third-order valence-corrected chi connectivity index (χ3v) is 4.14. The normalized spacial score (nSPS) is 10.3. The molecule has 6 heteroatoms.